The van der Waals surface area contributed by atoms with Crippen molar-refractivity contribution in [3.05, 3.63) is 0 Å². The average Bonchev–Trinajstić information content (AvgIpc) is 2.28. The Morgan fingerprint density at radius 3 is 2.19 bits per heavy atom. The van der Waals surface area contributed by atoms with Gasteiger partial charge >= 0.3 is 0 Å². The summed E-state index contributed by atoms with van der Waals surface area (Å²) in [5.41, 5.74) is 0. The van der Waals surface area contributed by atoms with Crippen molar-refractivity contribution < 1.29 is 19.0 Å². The van der Waals surface area contributed by atoms with Gasteiger partial charge in [0, 0.05) is 26.2 Å². The van der Waals surface area contributed by atoms with E-state index in [1.54, 1.807) is 0 Å². The number of ketones is 1. The molecule has 0 aromatic rings. The molecule has 0 fully saturated rings. The normalized spacial score (nSPS) is 11.0. The van der Waals surface area contributed by atoms with E-state index in [0.29, 0.717) is 26.2 Å². The lowest BCUT2D eigenvalue weighted by Crippen LogP contribution is -2.28. The quantitative estimate of drug-likeness (QED) is 0.404. The molecule has 0 bridgehead atoms. The van der Waals surface area contributed by atoms with Crippen molar-refractivity contribution in [3.63, 3.8) is 0 Å². The predicted octanol–water partition coefficient (Wildman–Crippen LogP) is 2.16. The van der Waals surface area contributed by atoms with Gasteiger partial charge in [-0.2, -0.15) is 0 Å². The highest BCUT2D eigenvalue weighted by molar-refractivity contribution is 5.81. The summed E-state index contributed by atoms with van der Waals surface area (Å²) in [6.07, 6.45) is 1.78. The first-order valence-corrected chi connectivity index (χ1v) is 6.09. The summed E-state index contributed by atoms with van der Waals surface area (Å²) in [6.45, 7) is 7.93. The van der Waals surface area contributed by atoms with E-state index in [-0.39, 0.29) is 5.78 Å². The molecule has 0 spiro atoms. The van der Waals surface area contributed by atoms with Crippen LogP contribution in [0.5, 0.6) is 0 Å². The van der Waals surface area contributed by atoms with Crippen molar-refractivity contribution in [2.24, 2.45) is 0 Å². The predicted molar refractivity (Wildman–Crippen MR) is 62.4 cm³/mol. The van der Waals surface area contributed by atoms with Crippen LogP contribution < -0.4 is 0 Å². The van der Waals surface area contributed by atoms with Gasteiger partial charge in [-0.05, 0) is 20.3 Å². The minimum absolute atomic E-state index is 0.0415. The summed E-state index contributed by atoms with van der Waals surface area (Å²) in [5, 5.41) is 0. The van der Waals surface area contributed by atoms with E-state index < -0.39 is 6.29 Å². The number of hydrogen-bond donors (Lipinski definition) is 0. The summed E-state index contributed by atoms with van der Waals surface area (Å²) in [6, 6.07) is 0. The Morgan fingerprint density at radius 1 is 1.06 bits per heavy atom. The zero-order valence-electron chi connectivity index (χ0n) is 10.7. The first-order chi connectivity index (χ1) is 7.76. The molecule has 0 rings (SSSR count). The van der Waals surface area contributed by atoms with Crippen molar-refractivity contribution in [1.29, 1.82) is 0 Å². The van der Waals surface area contributed by atoms with Crippen LogP contribution in [0.15, 0.2) is 0 Å². The fourth-order valence-electron chi connectivity index (χ4n) is 1.18. The van der Waals surface area contributed by atoms with E-state index in [1.807, 2.05) is 13.8 Å². The molecule has 0 aromatic carbocycles. The summed E-state index contributed by atoms with van der Waals surface area (Å²) in [5.74, 6) is -0.0415. The van der Waals surface area contributed by atoms with Crippen LogP contribution in [0.2, 0.25) is 0 Å². The van der Waals surface area contributed by atoms with Gasteiger partial charge in [-0.25, -0.2) is 0 Å². The zero-order valence-corrected chi connectivity index (χ0v) is 10.7. The lowest BCUT2D eigenvalue weighted by Gasteiger charge is -2.15. The van der Waals surface area contributed by atoms with Crippen LogP contribution in [-0.4, -0.2) is 38.5 Å². The molecular weight excluding hydrogens is 208 g/mol. The van der Waals surface area contributed by atoms with Crippen molar-refractivity contribution in [2.75, 3.05) is 26.4 Å². The Balaban J connectivity index is 3.65. The van der Waals surface area contributed by atoms with Crippen molar-refractivity contribution in [3.8, 4) is 0 Å². The zero-order chi connectivity index (χ0) is 12.2. The molecule has 0 aliphatic heterocycles. The summed E-state index contributed by atoms with van der Waals surface area (Å²) in [4.78, 5) is 11.6. The highest BCUT2D eigenvalue weighted by Gasteiger charge is 2.17. The molecule has 0 saturated carbocycles. The molecule has 4 nitrogen and oxygen atoms in total. The molecule has 0 heterocycles. The Hall–Kier alpha value is -0.450. The van der Waals surface area contributed by atoms with Gasteiger partial charge in [-0.15, -0.1) is 0 Å². The number of carbonyl (C=O) groups is 1. The Kier molecular flexibility index (Phi) is 10.7. The number of hydrogen-bond acceptors (Lipinski definition) is 4. The van der Waals surface area contributed by atoms with E-state index in [2.05, 4.69) is 6.92 Å². The van der Waals surface area contributed by atoms with Gasteiger partial charge in [0.1, 0.15) is 0 Å². The van der Waals surface area contributed by atoms with Gasteiger partial charge in [-0.3, -0.25) is 4.79 Å². The highest BCUT2D eigenvalue weighted by atomic mass is 16.7. The van der Waals surface area contributed by atoms with Crippen LogP contribution >= 0.6 is 0 Å². The number of rotatable bonds is 11. The summed E-state index contributed by atoms with van der Waals surface area (Å²) < 4.78 is 15.7. The maximum Gasteiger partial charge on any atom is 0.217 e. The molecule has 0 aromatic heterocycles. The van der Waals surface area contributed by atoms with Gasteiger partial charge in [0.2, 0.25) is 6.29 Å². The van der Waals surface area contributed by atoms with E-state index >= 15 is 0 Å². The van der Waals surface area contributed by atoms with Gasteiger partial charge in [0.05, 0.1) is 6.61 Å². The monoisotopic (exact) mass is 232 g/mol. The van der Waals surface area contributed by atoms with Crippen molar-refractivity contribution in [2.45, 2.75) is 46.3 Å². The van der Waals surface area contributed by atoms with Crippen LogP contribution in [0.1, 0.15) is 40.0 Å². The third-order valence-electron chi connectivity index (χ3n) is 2.03. The molecule has 96 valence electrons. The van der Waals surface area contributed by atoms with Gasteiger partial charge in [0.15, 0.2) is 5.78 Å². The Bertz CT molecular complexity index is 164. The van der Waals surface area contributed by atoms with Crippen LogP contribution in [-0.2, 0) is 19.0 Å². The molecule has 0 atom stereocenters. The SMILES string of the molecule is CCCCOCCC(=O)C(OCC)OCC. The summed E-state index contributed by atoms with van der Waals surface area (Å²) >= 11 is 0. The third kappa shape index (κ3) is 7.79. The van der Waals surface area contributed by atoms with Crippen LogP contribution in [0.25, 0.3) is 0 Å². The first-order valence-electron chi connectivity index (χ1n) is 6.09. The molecule has 0 amide bonds. The molecule has 16 heavy (non-hydrogen) atoms. The topological polar surface area (TPSA) is 44.8 Å². The average molecular weight is 232 g/mol. The molecule has 0 unspecified atom stereocenters. The number of ether oxygens (including phenoxy) is 3. The lowest BCUT2D eigenvalue weighted by atomic mass is 10.3. The minimum atomic E-state index is -0.718. The molecular formula is C12H24O4. The molecule has 0 radical (unpaired) electrons. The lowest BCUT2D eigenvalue weighted by molar-refractivity contribution is -0.168. The summed E-state index contributed by atoms with van der Waals surface area (Å²) in [7, 11) is 0. The van der Waals surface area contributed by atoms with Gasteiger partial charge in [0.25, 0.3) is 0 Å². The second kappa shape index (κ2) is 11.0. The Labute approximate surface area is 98.3 Å². The highest BCUT2D eigenvalue weighted by Crippen LogP contribution is 2.01. The van der Waals surface area contributed by atoms with Crippen molar-refractivity contribution in [1.82, 2.24) is 0 Å². The standard InChI is InChI=1S/C12H24O4/c1-4-7-9-14-10-8-11(13)12(15-5-2)16-6-3/h12H,4-10H2,1-3H3. The molecule has 4 heteroatoms. The maximum atomic E-state index is 11.6. The smallest absolute Gasteiger partial charge is 0.217 e. The van der Waals surface area contributed by atoms with E-state index in [4.69, 9.17) is 14.2 Å². The van der Waals surface area contributed by atoms with E-state index in [1.165, 1.54) is 0 Å². The van der Waals surface area contributed by atoms with Crippen LogP contribution in [0, 0.1) is 0 Å². The second-order valence-corrected chi connectivity index (χ2v) is 3.42. The maximum absolute atomic E-state index is 11.6. The molecule has 0 saturated heterocycles. The van der Waals surface area contributed by atoms with Crippen LogP contribution in [0.3, 0.4) is 0 Å². The second-order valence-electron chi connectivity index (χ2n) is 3.42. The number of unbranched alkanes of at least 4 members (excludes halogenated alkanes) is 1. The van der Waals surface area contributed by atoms with E-state index in [9.17, 15) is 4.79 Å². The van der Waals surface area contributed by atoms with E-state index in [0.717, 1.165) is 19.4 Å². The number of Topliss-reactive ketones (excluding diaryl/α,β-unsaturated/α-hetero) is 1. The first kappa shape index (κ1) is 15.6. The fourth-order valence-corrected chi connectivity index (χ4v) is 1.18. The fraction of sp³-hybridized carbons (Fsp3) is 0.917. The number of carbonyl (C=O) groups excluding carboxylic acids is 1. The molecule has 0 N–H and O–H groups in total. The van der Waals surface area contributed by atoms with Crippen molar-refractivity contribution >= 4 is 5.78 Å². The molecule has 0 aliphatic rings. The van der Waals surface area contributed by atoms with Crippen LogP contribution in [0.4, 0.5) is 0 Å². The van der Waals surface area contributed by atoms with Gasteiger partial charge in [-0.1, -0.05) is 13.3 Å². The molecule has 0 aliphatic carbocycles. The van der Waals surface area contributed by atoms with Gasteiger partial charge < -0.3 is 14.2 Å². The third-order valence-corrected chi connectivity index (χ3v) is 2.03. The minimum Gasteiger partial charge on any atom is -0.381 e. The Morgan fingerprint density at radius 2 is 1.69 bits per heavy atom. The largest absolute Gasteiger partial charge is 0.381 e.